The fraction of sp³-hybridized carbons (Fsp3) is 0.200. The van der Waals surface area contributed by atoms with Crippen LogP contribution in [0.3, 0.4) is 0 Å². The van der Waals surface area contributed by atoms with E-state index < -0.39 is 30.6 Å². The van der Waals surface area contributed by atoms with Crippen molar-refractivity contribution in [3.05, 3.63) is 54.2 Å². The van der Waals surface area contributed by atoms with Crippen molar-refractivity contribution in [1.82, 2.24) is 10.1 Å². The maximum absolute atomic E-state index is 13.0. The van der Waals surface area contributed by atoms with E-state index in [-0.39, 0.29) is 41.7 Å². The molecule has 0 radical (unpaired) electrons. The molecule has 0 atom stereocenters. The highest BCUT2D eigenvalue weighted by Gasteiger charge is 2.43. The summed E-state index contributed by atoms with van der Waals surface area (Å²) >= 11 is 0. The van der Waals surface area contributed by atoms with Gasteiger partial charge in [-0.1, -0.05) is 5.16 Å². The lowest BCUT2D eigenvalue weighted by atomic mass is 10.2. The summed E-state index contributed by atoms with van der Waals surface area (Å²) in [6, 6.07) is 9.19. The van der Waals surface area contributed by atoms with E-state index in [1.807, 2.05) is 0 Å². The minimum atomic E-state index is -3.77. The predicted octanol–water partition coefficient (Wildman–Crippen LogP) is 3.31. The van der Waals surface area contributed by atoms with Crippen LogP contribution in [0.25, 0.3) is 11.4 Å². The molecule has 32 heavy (non-hydrogen) atoms. The highest BCUT2D eigenvalue weighted by molar-refractivity contribution is 5.93. The zero-order valence-corrected chi connectivity index (χ0v) is 16.1. The minimum Gasteiger partial charge on any atom is -0.456 e. The maximum atomic E-state index is 13.0. The number of alkyl halides is 2. The molecule has 9 nitrogen and oxygen atoms in total. The summed E-state index contributed by atoms with van der Waals surface area (Å²) in [7, 11) is 0. The zero-order chi connectivity index (χ0) is 22.7. The lowest BCUT2D eigenvalue weighted by Crippen LogP contribution is -2.25. The standard InChI is InChI=1S/C20H14F3N3O6/c21-12-3-1-11(2-4-12)19-25-17(32-26-19)7-8-18(28)29-10-16(27)24-13-5-6-14-15(9-13)31-20(22,23)30-14/h1-6,9H,7-8,10H2,(H,24,27). The SMILES string of the molecule is O=C(COC(=O)CCc1nc(-c2ccc(F)cc2)no1)Nc1ccc2c(c1)OC(F)(F)O2. The van der Waals surface area contributed by atoms with Crippen LogP contribution in [0.15, 0.2) is 47.0 Å². The second-order valence-corrected chi connectivity index (χ2v) is 6.56. The Kier molecular flexibility index (Phi) is 5.67. The van der Waals surface area contributed by atoms with Crippen LogP contribution in [0, 0.1) is 5.82 Å². The topological polar surface area (TPSA) is 113 Å². The molecule has 1 aliphatic rings. The van der Waals surface area contributed by atoms with Gasteiger partial charge in [-0.05, 0) is 36.4 Å². The third kappa shape index (κ3) is 5.14. The van der Waals surface area contributed by atoms with Gasteiger partial charge in [-0.25, -0.2) is 4.39 Å². The molecule has 0 spiro atoms. The summed E-state index contributed by atoms with van der Waals surface area (Å²) in [4.78, 5) is 27.9. The number of anilines is 1. The van der Waals surface area contributed by atoms with Crippen LogP contribution in [0.1, 0.15) is 12.3 Å². The van der Waals surface area contributed by atoms with Crippen LogP contribution in [-0.2, 0) is 20.7 Å². The van der Waals surface area contributed by atoms with Gasteiger partial charge in [0.25, 0.3) is 5.91 Å². The molecule has 4 rings (SSSR count). The molecule has 3 aromatic rings. The molecule has 166 valence electrons. The van der Waals surface area contributed by atoms with Gasteiger partial charge in [-0.2, -0.15) is 4.98 Å². The second kappa shape index (κ2) is 8.57. The number of hydrogen-bond acceptors (Lipinski definition) is 8. The number of rotatable bonds is 7. The second-order valence-electron chi connectivity index (χ2n) is 6.56. The molecule has 0 unspecified atom stereocenters. The molecule has 0 bridgehead atoms. The number of ether oxygens (including phenoxy) is 3. The Labute approximate surface area is 178 Å². The largest absolute Gasteiger partial charge is 0.586 e. The van der Waals surface area contributed by atoms with Gasteiger partial charge in [0.05, 0.1) is 6.42 Å². The molecular formula is C20H14F3N3O6. The van der Waals surface area contributed by atoms with Crippen molar-refractivity contribution in [2.75, 3.05) is 11.9 Å². The number of benzene rings is 2. The van der Waals surface area contributed by atoms with Crippen molar-refractivity contribution in [2.24, 2.45) is 0 Å². The van der Waals surface area contributed by atoms with Crippen LogP contribution in [-0.4, -0.2) is 34.9 Å². The predicted molar refractivity (Wildman–Crippen MR) is 100 cm³/mol. The van der Waals surface area contributed by atoms with Crippen LogP contribution in [0.2, 0.25) is 0 Å². The van der Waals surface area contributed by atoms with Crippen LogP contribution in [0.4, 0.5) is 18.9 Å². The first-order chi connectivity index (χ1) is 15.3. The van der Waals surface area contributed by atoms with Crippen molar-refractivity contribution in [3.63, 3.8) is 0 Å². The molecule has 1 N–H and O–H groups in total. The van der Waals surface area contributed by atoms with Crippen molar-refractivity contribution in [1.29, 1.82) is 0 Å². The van der Waals surface area contributed by atoms with Crippen LogP contribution >= 0.6 is 0 Å². The maximum Gasteiger partial charge on any atom is 0.586 e. The monoisotopic (exact) mass is 449 g/mol. The molecule has 2 heterocycles. The lowest BCUT2D eigenvalue weighted by Gasteiger charge is -2.07. The van der Waals surface area contributed by atoms with E-state index in [1.54, 1.807) is 0 Å². The summed E-state index contributed by atoms with van der Waals surface area (Å²) in [5.41, 5.74) is 0.707. The van der Waals surface area contributed by atoms with E-state index in [0.29, 0.717) is 5.56 Å². The number of amides is 1. The molecule has 12 heteroatoms. The molecule has 2 aromatic carbocycles. The van der Waals surface area contributed by atoms with E-state index in [2.05, 4.69) is 24.9 Å². The van der Waals surface area contributed by atoms with E-state index >= 15 is 0 Å². The normalized spacial score (nSPS) is 13.6. The van der Waals surface area contributed by atoms with Gasteiger partial charge < -0.3 is 24.1 Å². The molecule has 0 saturated carbocycles. The van der Waals surface area contributed by atoms with E-state index in [1.165, 1.54) is 36.4 Å². The number of hydrogen-bond donors (Lipinski definition) is 1. The Morgan fingerprint density at radius 2 is 1.81 bits per heavy atom. The summed E-state index contributed by atoms with van der Waals surface area (Å²) < 4.78 is 57.5. The number of fused-ring (bicyclic) bond motifs is 1. The van der Waals surface area contributed by atoms with Gasteiger partial charge >= 0.3 is 12.3 Å². The number of halogens is 3. The first-order valence-electron chi connectivity index (χ1n) is 9.21. The van der Waals surface area contributed by atoms with Gasteiger partial charge in [0.15, 0.2) is 18.1 Å². The minimum absolute atomic E-state index is 0.0744. The lowest BCUT2D eigenvalue weighted by molar-refractivity contribution is -0.286. The van der Waals surface area contributed by atoms with E-state index in [4.69, 9.17) is 9.26 Å². The summed E-state index contributed by atoms with van der Waals surface area (Å²) in [6.07, 6.45) is -3.82. The first kappa shape index (κ1) is 21.2. The third-order valence-electron chi connectivity index (χ3n) is 4.16. The average molecular weight is 449 g/mol. The smallest absolute Gasteiger partial charge is 0.456 e. The van der Waals surface area contributed by atoms with Crippen molar-refractivity contribution >= 4 is 17.6 Å². The highest BCUT2D eigenvalue weighted by atomic mass is 19.3. The van der Waals surface area contributed by atoms with E-state index in [9.17, 15) is 22.8 Å². The summed E-state index contributed by atoms with van der Waals surface area (Å²) in [5.74, 6) is -1.75. The number of esters is 1. The van der Waals surface area contributed by atoms with E-state index in [0.717, 1.165) is 6.07 Å². The van der Waals surface area contributed by atoms with Gasteiger partial charge in [0.1, 0.15) is 5.82 Å². The van der Waals surface area contributed by atoms with Gasteiger partial charge in [-0.3, -0.25) is 9.59 Å². The van der Waals surface area contributed by atoms with Crippen molar-refractivity contribution < 1.29 is 41.5 Å². The molecule has 0 aliphatic carbocycles. The van der Waals surface area contributed by atoms with Crippen molar-refractivity contribution in [3.8, 4) is 22.9 Å². The van der Waals surface area contributed by atoms with Crippen LogP contribution in [0.5, 0.6) is 11.5 Å². The number of carbonyl (C=O) groups excluding carboxylic acids is 2. The zero-order valence-electron chi connectivity index (χ0n) is 16.1. The number of carbonyl (C=O) groups is 2. The first-order valence-corrected chi connectivity index (χ1v) is 9.21. The number of aromatic nitrogens is 2. The Bertz CT molecular complexity index is 1150. The van der Waals surface area contributed by atoms with Gasteiger partial charge in [0.2, 0.25) is 11.7 Å². The molecular weight excluding hydrogens is 435 g/mol. The average Bonchev–Trinajstić information content (AvgIpc) is 3.33. The fourth-order valence-corrected chi connectivity index (χ4v) is 2.72. The van der Waals surface area contributed by atoms with Crippen molar-refractivity contribution in [2.45, 2.75) is 19.1 Å². The molecule has 1 amide bonds. The Balaban J connectivity index is 1.22. The van der Waals surface area contributed by atoms with Gasteiger partial charge in [0, 0.05) is 23.7 Å². The van der Waals surface area contributed by atoms with Gasteiger partial charge in [-0.15, -0.1) is 8.78 Å². The molecule has 0 saturated heterocycles. The quantitative estimate of drug-likeness (QED) is 0.547. The Morgan fingerprint density at radius 1 is 1.06 bits per heavy atom. The molecule has 1 aromatic heterocycles. The fourth-order valence-electron chi connectivity index (χ4n) is 2.72. The summed E-state index contributed by atoms with van der Waals surface area (Å²) in [5, 5.41) is 6.15. The highest BCUT2D eigenvalue weighted by Crippen LogP contribution is 2.42. The summed E-state index contributed by atoms with van der Waals surface area (Å²) in [6.45, 7) is -0.589. The third-order valence-corrected chi connectivity index (χ3v) is 4.16. The van der Waals surface area contributed by atoms with Crippen LogP contribution < -0.4 is 14.8 Å². The molecule has 1 aliphatic heterocycles. The number of nitrogens with one attached hydrogen (secondary N) is 1. The Morgan fingerprint density at radius 3 is 2.59 bits per heavy atom. The number of aryl methyl sites for hydroxylation is 1. The Hall–Kier alpha value is -4.09. The molecule has 0 fully saturated rings. The number of nitrogens with zero attached hydrogens (tertiary/aromatic N) is 2.